The first-order chi connectivity index (χ1) is 12.6. The number of carbonyl (C=O) groups is 3. The number of benzene rings is 1. The van der Waals surface area contributed by atoms with Gasteiger partial charge in [0.05, 0.1) is 10.4 Å². The van der Waals surface area contributed by atoms with Gasteiger partial charge in [0, 0.05) is 18.2 Å². The second-order valence-corrected chi connectivity index (χ2v) is 7.31. The molecule has 6 heteroatoms. The quantitative estimate of drug-likeness (QED) is 0.596. The minimum Gasteiger partial charge on any atom is -0.452 e. The zero-order chi connectivity index (χ0) is 18.5. The van der Waals surface area contributed by atoms with Gasteiger partial charge >= 0.3 is 5.97 Å². The SMILES string of the molecule is CC1CCCCN1C(=O)COC(=O)c1ccccc1C(=O)c1cccs1. The van der Waals surface area contributed by atoms with Crippen molar-refractivity contribution in [2.45, 2.75) is 32.2 Å². The summed E-state index contributed by atoms with van der Waals surface area (Å²) in [7, 11) is 0. The molecule has 0 radical (unpaired) electrons. The molecule has 0 N–H and O–H groups in total. The van der Waals surface area contributed by atoms with Crippen LogP contribution in [-0.2, 0) is 9.53 Å². The molecule has 1 aromatic carbocycles. The molecule has 3 rings (SSSR count). The lowest BCUT2D eigenvalue weighted by Gasteiger charge is -2.33. The van der Waals surface area contributed by atoms with Crippen LogP contribution in [-0.4, -0.2) is 41.8 Å². The average molecular weight is 371 g/mol. The topological polar surface area (TPSA) is 63.7 Å². The van der Waals surface area contributed by atoms with E-state index in [9.17, 15) is 14.4 Å². The Hall–Kier alpha value is -2.47. The van der Waals surface area contributed by atoms with Crippen LogP contribution in [0.4, 0.5) is 0 Å². The Bertz CT molecular complexity index is 800. The molecule has 2 aromatic rings. The first-order valence-electron chi connectivity index (χ1n) is 8.71. The highest BCUT2D eigenvalue weighted by Gasteiger charge is 2.25. The van der Waals surface area contributed by atoms with Crippen molar-refractivity contribution in [2.24, 2.45) is 0 Å². The van der Waals surface area contributed by atoms with Crippen LogP contribution in [0.2, 0.25) is 0 Å². The molecule has 0 aliphatic carbocycles. The second-order valence-electron chi connectivity index (χ2n) is 6.36. The van der Waals surface area contributed by atoms with Crippen LogP contribution < -0.4 is 0 Å². The monoisotopic (exact) mass is 371 g/mol. The van der Waals surface area contributed by atoms with E-state index in [0.29, 0.717) is 17.0 Å². The summed E-state index contributed by atoms with van der Waals surface area (Å²) in [4.78, 5) is 39.7. The van der Waals surface area contributed by atoms with E-state index < -0.39 is 5.97 Å². The van der Waals surface area contributed by atoms with Crippen LogP contribution in [0.1, 0.15) is 51.8 Å². The molecule has 1 saturated heterocycles. The fraction of sp³-hybridized carbons (Fsp3) is 0.350. The molecule has 1 atom stereocenters. The average Bonchev–Trinajstić information content (AvgIpc) is 3.20. The summed E-state index contributed by atoms with van der Waals surface area (Å²) in [6.45, 7) is 2.41. The molecular weight excluding hydrogens is 350 g/mol. The third kappa shape index (κ3) is 4.02. The van der Waals surface area contributed by atoms with Gasteiger partial charge in [-0.1, -0.05) is 24.3 Å². The van der Waals surface area contributed by atoms with E-state index in [-0.39, 0.29) is 29.9 Å². The van der Waals surface area contributed by atoms with Gasteiger partial charge in [0.15, 0.2) is 6.61 Å². The van der Waals surface area contributed by atoms with Crippen molar-refractivity contribution in [3.8, 4) is 0 Å². The predicted octanol–water partition coefficient (Wildman–Crippen LogP) is 3.54. The van der Waals surface area contributed by atoms with Crippen molar-refractivity contribution in [3.63, 3.8) is 0 Å². The molecule has 1 aromatic heterocycles. The molecule has 1 fully saturated rings. The summed E-state index contributed by atoms with van der Waals surface area (Å²) in [5, 5.41) is 1.81. The van der Waals surface area contributed by atoms with Crippen molar-refractivity contribution in [2.75, 3.05) is 13.2 Å². The lowest BCUT2D eigenvalue weighted by molar-refractivity contribution is -0.137. The standard InChI is InChI=1S/C20H21NO4S/c1-14-7-4-5-11-21(14)18(22)13-25-20(24)16-9-3-2-8-15(16)19(23)17-10-6-12-26-17/h2-3,6,8-10,12,14H,4-5,7,11,13H2,1H3. The van der Waals surface area contributed by atoms with Crippen LogP contribution in [0, 0.1) is 0 Å². The maximum Gasteiger partial charge on any atom is 0.339 e. The minimum atomic E-state index is -0.650. The minimum absolute atomic E-state index is 0.169. The highest BCUT2D eigenvalue weighted by atomic mass is 32.1. The van der Waals surface area contributed by atoms with Gasteiger partial charge in [-0.25, -0.2) is 4.79 Å². The Balaban J connectivity index is 1.68. The van der Waals surface area contributed by atoms with Gasteiger partial charge in [-0.3, -0.25) is 9.59 Å². The molecule has 0 saturated carbocycles. The first-order valence-corrected chi connectivity index (χ1v) is 9.59. The Morgan fingerprint density at radius 3 is 2.58 bits per heavy atom. The third-order valence-electron chi connectivity index (χ3n) is 4.59. The zero-order valence-electron chi connectivity index (χ0n) is 14.6. The Kier molecular flexibility index (Phi) is 5.83. The predicted molar refractivity (Wildman–Crippen MR) is 99.5 cm³/mol. The number of amides is 1. The molecule has 5 nitrogen and oxygen atoms in total. The molecule has 0 bridgehead atoms. The molecule has 26 heavy (non-hydrogen) atoms. The van der Waals surface area contributed by atoms with Crippen molar-refractivity contribution in [1.82, 2.24) is 4.90 Å². The summed E-state index contributed by atoms with van der Waals surface area (Å²) < 4.78 is 5.22. The maximum atomic E-state index is 12.6. The summed E-state index contributed by atoms with van der Waals surface area (Å²) >= 11 is 1.32. The first kappa shape index (κ1) is 18.3. The second kappa shape index (κ2) is 8.27. The Labute approximate surface area is 156 Å². The van der Waals surface area contributed by atoms with E-state index >= 15 is 0 Å². The number of ketones is 1. The van der Waals surface area contributed by atoms with E-state index in [0.717, 1.165) is 19.3 Å². The van der Waals surface area contributed by atoms with Crippen LogP contribution in [0.15, 0.2) is 41.8 Å². The van der Waals surface area contributed by atoms with Crippen LogP contribution in [0.5, 0.6) is 0 Å². The maximum absolute atomic E-state index is 12.6. The van der Waals surface area contributed by atoms with Crippen LogP contribution >= 0.6 is 11.3 Å². The van der Waals surface area contributed by atoms with Gasteiger partial charge in [-0.15, -0.1) is 11.3 Å². The van der Waals surface area contributed by atoms with Crippen molar-refractivity contribution in [3.05, 3.63) is 57.8 Å². The number of nitrogens with zero attached hydrogens (tertiary/aromatic N) is 1. The lowest BCUT2D eigenvalue weighted by atomic mass is 10.0. The van der Waals surface area contributed by atoms with Crippen LogP contribution in [0.3, 0.4) is 0 Å². The van der Waals surface area contributed by atoms with Crippen LogP contribution in [0.25, 0.3) is 0 Å². The fourth-order valence-corrected chi connectivity index (χ4v) is 3.83. The summed E-state index contributed by atoms with van der Waals surface area (Å²) in [6.07, 6.45) is 3.06. The Morgan fingerprint density at radius 1 is 1.12 bits per heavy atom. The smallest absolute Gasteiger partial charge is 0.339 e. The van der Waals surface area contributed by atoms with Crippen molar-refractivity contribution < 1.29 is 19.1 Å². The number of hydrogen-bond acceptors (Lipinski definition) is 5. The van der Waals surface area contributed by atoms with E-state index in [2.05, 4.69) is 0 Å². The van der Waals surface area contributed by atoms with Gasteiger partial charge in [0.2, 0.25) is 5.78 Å². The van der Waals surface area contributed by atoms with Gasteiger partial charge in [0.25, 0.3) is 5.91 Å². The number of likely N-dealkylation sites (tertiary alicyclic amines) is 1. The van der Waals surface area contributed by atoms with E-state index in [1.54, 1.807) is 41.3 Å². The molecule has 1 unspecified atom stereocenters. The van der Waals surface area contributed by atoms with Crippen molar-refractivity contribution >= 4 is 29.0 Å². The van der Waals surface area contributed by atoms with Gasteiger partial charge in [0.1, 0.15) is 0 Å². The number of ether oxygens (including phenoxy) is 1. The van der Waals surface area contributed by atoms with Crippen molar-refractivity contribution in [1.29, 1.82) is 0 Å². The van der Waals surface area contributed by atoms with E-state index in [4.69, 9.17) is 4.74 Å². The third-order valence-corrected chi connectivity index (χ3v) is 5.46. The van der Waals surface area contributed by atoms with Gasteiger partial charge in [-0.05, 0) is 43.7 Å². The fourth-order valence-electron chi connectivity index (χ4n) is 3.16. The summed E-state index contributed by atoms with van der Waals surface area (Å²) in [5.41, 5.74) is 0.476. The molecule has 1 amide bonds. The Morgan fingerprint density at radius 2 is 1.88 bits per heavy atom. The lowest BCUT2D eigenvalue weighted by Crippen LogP contribution is -2.44. The highest BCUT2D eigenvalue weighted by Crippen LogP contribution is 2.20. The number of rotatable bonds is 5. The van der Waals surface area contributed by atoms with Gasteiger partial charge < -0.3 is 9.64 Å². The molecule has 0 spiro atoms. The normalized spacial score (nSPS) is 17.0. The molecule has 2 heterocycles. The number of esters is 1. The molecule has 1 aliphatic rings. The number of hydrogen-bond donors (Lipinski definition) is 0. The van der Waals surface area contributed by atoms with E-state index in [1.165, 1.54) is 11.3 Å². The summed E-state index contributed by atoms with van der Waals surface area (Å²) in [6, 6.07) is 10.2. The van der Waals surface area contributed by atoms with E-state index in [1.807, 2.05) is 12.3 Å². The molecule has 1 aliphatic heterocycles. The number of carbonyl (C=O) groups excluding carboxylic acids is 3. The largest absolute Gasteiger partial charge is 0.452 e. The number of piperidine rings is 1. The molecular formula is C20H21NO4S. The van der Waals surface area contributed by atoms with Gasteiger partial charge in [-0.2, -0.15) is 0 Å². The zero-order valence-corrected chi connectivity index (χ0v) is 15.5. The highest BCUT2D eigenvalue weighted by molar-refractivity contribution is 7.12. The summed E-state index contributed by atoms with van der Waals surface area (Å²) in [5.74, 6) is -1.06. The number of thiophene rings is 1. The molecule has 136 valence electrons.